The van der Waals surface area contributed by atoms with Crippen LogP contribution >= 0.6 is 0 Å². The first-order valence-electron chi connectivity index (χ1n) is 7.59. The molecule has 0 unspecified atom stereocenters. The van der Waals surface area contributed by atoms with Crippen molar-refractivity contribution < 1.29 is 9.53 Å². The van der Waals surface area contributed by atoms with Crippen molar-refractivity contribution in [1.29, 1.82) is 0 Å². The Morgan fingerprint density at radius 2 is 2.08 bits per heavy atom. The maximum Gasteiger partial charge on any atom is 0.252 e. The van der Waals surface area contributed by atoms with Crippen LogP contribution in [-0.4, -0.2) is 27.8 Å². The van der Waals surface area contributed by atoms with Gasteiger partial charge in [0, 0.05) is 36.6 Å². The fourth-order valence-corrected chi connectivity index (χ4v) is 3.20. The molecule has 1 aliphatic heterocycles. The molecule has 1 amide bonds. The molecule has 0 spiro atoms. The number of rotatable bonds is 2. The second kappa shape index (κ2) is 5.23. The number of aromatic amines is 1. The van der Waals surface area contributed by atoms with Crippen LogP contribution in [0.5, 0.6) is 5.75 Å². The quantitative estimate of drug-likeness (QED) is 0.751. The lowest BCUT2D eigenvalue weighted by Gasteiger charge is -2.22. The number of anilines is 1. The number of hydrogen-bond acceptors (Lipinski definition) is 4. The third-order valence-electron chi connectivity index (χ3n) is 4.45. The van der Waals surface area contributed by atoms with Crippen molar-refractivity contribution >= 4 is 22.6 Å². The van der Waals surface area contributed by atoms with Crippen LogP contribution in [0.4, 0.5) is 5.82 Å². The second-order valence-corrected chi connectivity index (χ2v) is 5.88. The van der Waals surface area contributed by atoms with E-state index in [4.69, 9.17) is 4.74 Å². The monoisotopic (exact) mass is 324 g/mol. The van der Waals surface area contributed by atoms with Crippen LogP contribution < -0.4 is 15.6 Å². The first-order valence-corrected chi connectivity index (χ1v) is 7.59. The topological polar surface area (TPSA) is 89.0 Å². The maximum atomic E-state index is 12.6. The number of amides is 1. The Labute approximate surface area is 137 Å². The minimum atomic E-state index is -0.308. The number of nitrogens with zero attached hydrogens (tertiary/aromatic N) is 2. The number of carbonyl (C=O) groups excluding carboxylic acids is 1. The zero-order chi connectivity index (χ0) is 16.8. The first kappa shape index (κ1) is 14.5. The molecule has 1 atom stereocenters. The van der Waals surface area contributed by atoms with E-state index in [9.17, 15) is 9.59 Å². The van der Waals surface area contributed by atoms with E-state index in [1.54, 1.807) is 31.1 Å². The van der Waals surface area contributed by atoms with Crippen molar-refractivity contribution in [3.05, 3.63) is 51.9 Å². The molecule has 0 radical (unpaired) electrons. The molecule has 0 fully saturated rings. The number of hydrogen-bond donors (Lipinski definition) is 2. The van der Waals surface area contributed by atoms with Gasteiger partial charge in [0.1, 0.15) is 11.6 Å². The average Bonchev–Trinajstić information content (AvgIpc) is 2.94. The van der Waals surface area contributed by atoms with Crippen LogP contribution in [-0.2, 0) is 11.8 Å². The summed E-state index contributed by atoms with van der Waals surface area (Å²) >= 11 is 0. The van der Waals surface area contributed by atoms with Gasteiger partial charge in [0.25, 0.3) is 5.56 Å². The van der Waals surface area contributed by atoms with Crippen molar-refractivity contribution in [2.24, 2.45) is 7.05 Å². The van der Waals surface area contributed by atoms with Crippen LogP contribution in [0.15, 0.2) is 35.3 Å². The molecule has 3 aromatic rings. The zero-order valence-electron chi connectivity index (χ0n) is 13.3. The van der Waals surface area contributed by atoms with Crippen molar-refractivity contribution in [2.45, 2.75) is 12.3 Å². The maximum absolute atomic E-state index is 12.6. The van der Waals surface area contributed by atoms with Gasteiger partial charge in [-0.3, -0.25) is 14.3 Å². The Balaban J connectivity index is 1.89. The van der Waals surface area contributed by atoms with E-state index in [0.29, 0.717) is 22.6 Å². The minimum Gasteiger partial charge on any atom is -0.497 e. The lowest BCUT2D eigenvalue weighted by Crippen LogP contribution is -2.27. The highest BCUT2D eigenvalue weighted by molar-refractivity contribution is 5.94. The van der Waals surface area contributed by atoms with E-state index in [0.717, 1.165) is 10.9 Å². The van der Waals surface area contributed by atoms with Crippen molar-refractivity contribution in [3.63, 3.8) is 0 Å². The van der Waals surface area contributed by atoms with Crippen LogP contribution in [0.25, 0.3) is 10.9 Å². The predicted octanol–water partition coefficient (Wildman–Crippen LogP) is 1.74. The minimum absolute atomic E-state index is 0.120. The number of pyridine rings is 1. The molecular weight excluding hydrogens is 308 g/mol. The molecule has 2 N–H and O–H groups in total. The summed E-state index contributed by atoms with van der Waals surface area (Å²) in [5, 5.41) is 7.90. The molecule has 7 nitrogen and oxygen atoms in total. The average molecular weight is 324 g/mol. The number of nitrogens with one attached hydrogen (secondary N) is 2. The number of fused-ring (bicyclic) bond motifs is 2. The summed E-state index contributed by atoms with van der Waals surface area (Å²) < 4.78 is 6.80. The fraction of sp³-hybridized carbons (Fsp3) is 0.235. The predicted molar refractivity (Wildman–Crippen MR) is 89.4 cm³/mol. The van der Waals surface area contributed by atoms with Gasteiger partial charge in [-0.15, -0.1) is 0 Å². The Bertz CT molecular complexity index is 1020. The Morgan fingerprint density at radius 3 is 2.88 bits per heavy atom. The summed E-state index contributed by atoms with van der Waals surface area (Å²) in [7, 11) is 3.34. The van der Waals surface area contributed by atoms with Gasteiger partial charge in [0.15, 0.2) is 0 Å². The van der Waals surface area contributed by atoms with E-state index in [1.165, 1.54) is 0 Å². The lowest BCUT2D eigenvalue weighted by molar-refractivity contribution is -0.116. The number of ether oxygens (including phenoxy) is 1. The zero-order valence-corrected chi connectivity index (χ0v) is 13.3. The van der Waals surface area contributed by atoms with E-state index in [-0.39, 0.29) is 23.8 Å². The van der Waals surface area contributed by atoms with Gasteiger partial charge in [-0.2, -0.15) is 5.10 Å². The standard InChI is InChI=1S/C17H16N4O3/c1-21-16-13(8-18-21)11(7-15(22)20-16)12-5-9-3-4-10(24-2)6-14(9)19-17(12)23/h3-6,8,11H,7H2,1-2H3,(H,19,23)(H,20,22)/t11-/m0/s1. The molecule has 1 aromatic carbocycles. The van der Waals surface area contributed by atoms with Crippen LogP contribution in [0.2, 0.25) is 0 Å². The molecule has 0 bridgehead atoms. The third-order valence-corrected chi connectivity index (χ3v) is 4.45. The number of aromatic nitrogens is 3. The summed E-state index contributed by atoms with van der Waals surface area (Å²) in [4.78, 5) is 27.5. The van der Waals surface area contributed by atoms with Crippen LogP contribution in [0, 0.1) is 0 Å². The second-order valence-electron chi connectivity index (χ2n) is 5.88. The molecule has 0 aliphatic carbocycles. The molecule has 3 heterocycles. The molecular formula is C17H16N4O3. The highest BCUT2D eigenvalue weighted by Crippen LogP contribution is 2.36. The van der Waals surface area contributed by atoms with E-state index in [2.05, 4.69) is 15.4 Å². The van der Waals surface area contributed by atoms with Crippen molar-refractivity contribution in [2.75, 3.05) is 12.4 Å². The Morgan fingerprint density at radius 1 is 1.25 bits per heavy atom. The van der Waals surface area contributed by atoms with Gasteiger partial charge in [-0.05, 0) is 23.6 Å². The fourth-order valence-electron chi connectivity index (χ4n) is 3.20. The van der Waals surface area contributed by atoms with E-state index >= 15 is 0 Å². The molecule has 7 heteroatoms. The van der Waals surface area contributed by atoms with E-state index < -0.39 is 0 Å². The summed E-state index contributed by atoms with van der Waals surface area (Å²) in [5.41, 5.74) is 1.92. The number of H-pyrrole nitrogens is 1. The number of benzene rings is 1. The number of aryl methyl sites for hydroxylation is 1. The lowest BCUT2D eigenvalue weighted by atomic mass is 9.87. The Hall–Kier alpha value is -3.09. The SMILES string of the molecule is COc1ccc2cc([C@@H]3CC(=O)Nc4c3cnn4C)c(=O)[nH]c2c1. The normalized spacial score (nSPS) is 16.8. The van der Waals surface area contributed by atoms with Gasteiger partial charge in [-0.1, -0.05) is 0 Å². The highest BCUT2D eigenvalue weighted by Gasteiger charge is 2.31. The van der Waals surface area contributed by atoms with E-state index in [1.807, 2.05) is 18.2 Å². The number of methoxy groups -OCH3 is 1. The molecule has 2 aromatic heterocycles. The molecule has 1 aliphatic rings. The van der Waals surface area contributed by atoms with Gasteiger partial charge >= 0.3 is 0 Å². The molecule has 4 rings (SSSR count). The van der Waals surface area contributed by atoms with Crippen LogP contribution in [0.1, 0.15) is 23.5 Å². The van der Waals surface area contributed by atoms with Crippen molar-refractivity contribution in [1.82, 2.24) is 14.8 Å². The van der Waals surface area contributed by atoms with Crippen LogP contribution in [0.3, 0.4) is 0 Å². The molecule has 24 heavy (non-hydrogen) atoms. The largest absolute Gasteiger partial charge is 0.497 e. The highest BCUT2D eigenvalue weighted by atomic mass is 16.5. The Kier molecular flexibility index (Phi) is 3.16. The third kappa shape index (κ3) is 2.17. The van der Waals surface area contributed by atoms with Crippen molar-refractivity contribution in [3.8, 4) is 5.75 Å². The summed E-state index contributed by atoms with van der Waals surface area (Å²) in [6.45, 7) is 0. The van der Waals surface area contributed by atoms with Gasteiger partial charge in [-0.25, -0.2) is 0 Å². The smallest absolute Gasteiger partial charge is 0.252 e. The summed E-state index contributed by atoms with van der Waals surface area (Å²) in [5.74, 6) is 0.894. The summed E-state index contributed by atoms with van der Waals surface area (Å²) in [6.07, 6.45) is 1.93. The molecule has 0 saturated carbocycles. The van der Waals surface area contributed by atoms with Gasteiger partial charge in [0.2, 0.25) is 5.91 Å². The number of carbonyl (C=O) groups is 1. The first-order chi connectivity index (χ1) is 11.6. The molecule has 122 valence electrons. The molecule has 0 saturated heterocycles. The van der Waals surface area contributed by atoms with Gasteiger partial charge in [0.05, 0.1) is 18.8 Å². The van der Waals surface area contributed by atoms with Gasteiger partial charge < -0.3 is 15.0 Å². The summed E-state index contributed by atoms with van der Waals surface area (Å²) in [6, 6.07) is 7.35.